The summed E-state index contributed by atoms with van der Waals surface area (Å²) in [5.41, 5.74) is 1.13. The molecule has 0 bridgehead atoms. The van der Waals surface area contributed by atoms with Gasteiger partial charge in [-0.25, -0.2) is 9.37 Å². The fourth-order valence-electron chi connectivity index (χ4n) is 3.01. The molecule has 3 heterocycles. The van der Waals surface area contributed by atoms with Crippen LogP contribution in [0.25, 0.3) is 16.9 Å². The molecular formula is C20H17FN4O3. The molecule has 0 saturated heterocycles. The maximum atomic E-state index is 13.2. The number of hydrogen-bond donors (Lipinski definition) is 1. The lowest BCUT2D eigenvalue weighted by molar-refractivity contribution is 0.0931. The number of imidazole rings is 1. The topological polar surface area (TPSA) is 81.5 Å². The summed E-state index contributed by atoms with van der Waals surface area (Å²) < 4.78 is 21.4. The lowest BCUT2D eigenvalue weighted by atomic mass is 10.1. The number of nitrogens with zero attached hydrogens (tertiary/aromatic N) is 3. The van der Waals surface area contributed by atoms with Gasteiger partial charge < -0.3 is 14.3 Å². The van der Waals surface area contributed by atoms with E-state index in [9.17, 15) is 14.0 Å². The first kappa shape index (κ1) is 17.7. The third kappa shape index (κ3) is 3.09. The summed E-state index contributed by atoms with van der Waals surface area (Å²) in [6, 6.07) is 8.99. The molecule has 142 valence electrons. The van der Waals surface area contributed by atoms with Crippen molar-refractivity contribution >= 4 is 11.6 Å². The molecule has 7 nitrogen and oxygen atoms in total. The van der Waals surface area contributed by atoms with Crippen LogP contribution in [0.1, 0.15) is 29.2 Å². The SMILES string of the molecule is C[C@H](NC(=O)c1cn2cc(-c3ccc(F)cc3)n(C)c(=O)c2n1)c1ccco1. The number of nitrogens with one attached hydrogen (secondary N) is 1. The second kappa shape index (κ2) is 6.80. The van der Waals surface area contributed by atoms with E-state index in [2.05, 4.69) is 10.3 Å². The highest BCUT2D eigenvalue weighted by molar-refractivity contribution is 5.93. The molecule has 28 heavy (non-hydrogen) atoms. The van der Waals surface area contributed by atoms with Crippen molar-refractivity contribution in [2.75, 3.05) is 0 Å². The van der Waals surface area contributed by atoms with Gasteiger partial charge in [0, 0.05) is 19.4 Å². The van der Waals surface area contributed by atoms with Crippen LogP contribution in [0.3, 0.4) is 0 Å². The van der Waals surface area contributed by atoms with Crippen molar-refractivity contribution in [3.63, 3.8) is 0 Å². The molecule has 0 fully saturated rings. The minimum absolute atomic E-state index is 0.117. The molecule has 1 atom stereocenters. The average molecular weight is 380 g/mol. The molecule has 0 saturated carbocycles. The maximum absolute atomic E-state index is 13.2. The molecule has 0 aliphatic rings. The summed E-state index contributed by atoms with van der Waals surface area (Å²) in [6.45, 7) is 1.79. The van der Waals surface area contributed by atoms with Crippen LogP contribution < -0.4 is 10.9 Å². The molecule has 0 aliphatic carbocycles. The third-order valence-corrected chi connectivity index (χ3v) is 4.54. The summed E-state index contributed by atoms with van der Waals surface area (Å²) in [5.74, 6) is -0.160. The highest BCUT2D eigenvalue weighted by Crippen LogP contribution is 2.19. The van der Waals surface area contributed by atoms with Crippen molar-refractivity contribution in [1.29, 1.82) is 0 Å². The highest BCUT2D eigenvalue weighted by atomic mass is 19.1. The van der Waals surface area contributed by atoms with Crippen LogP contribution in [-0.4, -0.2) is 19.9 Å². The Morgan fingerprint density at radius 2 is 1.96 bits per heavy atom. The Morgan fingerprint density at radius 3 is 2.64 bits per heavy atom. The van der Waals surface area contributed by atoms with Crippen LogP contribution in [-0.2, 0) is 7.05 Å². The molecule has 0 unspecified atom stereocenters. The van der Waals surface area contributed by atoms with Gasteiger partial charge in [0.1, 0.15) is 17.3 Å². The van der Waals surface area contributed by atoms with Crippen molar-refractivity contribution in [1.82, 2.24) is 19.3 Å². The van der Waals surface area contributed by atoms with Gasteiger partial charge in [-0.15, -0.1) is 0 Å². The minimum Gasteiger partial charge on any atom is -0.467 e. The van der Waals surface area contributed by atoms with Crippen molar-refractivity contribution in [2.24, 2.45) is 7.05 Å². The monoisotopic (exact) mass is 380 g/mol. The Balaban J connectivity index is 1.71. The standard InChI is InChI=1S/C20H17FN4O3/c1-12(17-4-3-9-28-17)22-19(26)15-10-25-11-16(13-5-7-14(21)8-6-13)24(2)20(27)18(25)23-15/h3-12H,1-2H3,(H,22,26)/t12-/m0/s1. The van der Waals surface area contributed by atoms with Crippen LogP contribution in [0.2, 0.25) is 0 Å². The van der Waals surface area contributed by atoms with Gasteiger partial charge in [0.05, 0.1) is 18.0 Å². The van der Waals surface area contributed by atoms with Crippen LogP contribution in [0.15, 0.2) is 64.3 Å². The summed E-state index contributed by atoms with van der Waals surface area (Å²) in [5, 5.41) is 2.79. The minimum atomic E-state index is -0.419. The Kier molecular flexibility index (Phi) is 4.31. The van der Waals surface area contributed by atoms with E-state index in [1.165, 1.54) is 33.6 Å². The number of furan rings is 1. The molecule has 1 amide bonds. The highest BCUT2D eigenvalue weighted by Gasteiger charge is 2.18. The van der Waals surface area contributed by atoms with Gasteiger partial charge in [-0.3, -0.25) is 14.0 Å². The summed E-state index contributed by atoms with van der Waals surface area (Å²) in [4.78, 5) is 29.4. The molecular weight excluding hydrogens is 363 g/mol. The predicted octanol–water partition coefficient (Wildman–Crippen LogP) is 2.92. The number of rotatable bonds is 4. The van der Waals surface area contributed by atoms with Crippen LogP contribution >= 0.6 is 0 Å². The number of amides is 1. The van der Waals surface area contributed by atoms with Crippen molar-refractivity contribution < 1.29 is 13.6 Å². The molecule has 0 spiro atoms. The second-order valence-electron chi connectivity index (χ2n) is 6.45. The second-order valence-corrected chi connectivity index (χ2v) is 6.45. The molecule has 8 heteroatoms. The van der Waals surface area contributed by atoms with Crippen molar-refractivity contribution in [3.8, 4) is 11.3 Å². The number of fused-ring (bicyclic) bond motifs is 1. The van der Waals surface area contributed by atoms with E-state index in [0.29, 0.717) is 17.0 Å². The molecule has 0 aliphatic heterocycles. The van der Waals surface area contributed by atoms with Gasteiger partial charge in [0.2, 0.25) is 5.65 Å². The van der Waals surface area contributed by atoms with Crippen molar-refractivity contribution in [2.45, 2.75) is 13.0 Å². The van der Waals surface area contributed by atoms with Crippen LogP contribution in [0.4, 0.5) is 4.39 Å². The van der Waals surface area contributed by atoms with Gasteiger partial charge in [-0.1, -0.05) is 0 Å². The lowest BCUT2D eigenvalue weighted by Gasteiger charge is -2.09. The molecule has 4 rings (SSSR count). The maximum Gasteiger partial charge on any atom is 0.294 e. The van der Waals surface area contributed by atoms with E-state index < -0.39 is 5.91 Å². The Hall–Kier alpha value is -3.68. The molecule has 3 aromatic heterocycles. The molecule has 1 aromatic carbocycles. The number of hydrogen-bond acceptors (Lipinski definition) is 4. The number of carbonyl (C=O) groups is 1. The van der Waals surface area contributed by atoms with Crippen LogP contribution in [0, 0.1) is 5.82 Å². The Morgan fingerprint density at radius 1 is 1.21 bits per heavy atom. The van der Waals surface area contributed by atoms with Crippen molar-refractivity contribution in [3.05, 3.63) is 82.7 Å². The van der Waals surface area contributed by atoms with Gasteiger partial charge >= 0.3 is 0 Å². The normalized spacial score (nSPS) is 12.2. The number of aromatic nitrogens is 3. The van der Waals surface area contributed by atoms with Crippen LogP contribution in [0.5, 0.6) is 0 Å². The molecule has 1 N–H and O–H groups in total. The van der Waals surface area contributed by atoms with E-state index in [0.717, 1.165) is 0 Å². The summed E-state index contributed by atoms with van der Waals surface area (Å²) >= 11 is 0. The molecule has 4 aromatic rings. The predicted molar refractivity (Wildman–Crippen MR) is 100 cm³/mol. The molecule has 0 radical (unpaired) electrons. The Bertz CT molecular complexity index is 1210. The summed E-state index contributed by atoms with van der Waals surface area (Å²) in [7, 11) is 1.61. The van der Waals surface area contributed by atoms with Gasteiger partial charge in [-0.05, 0) is 48.9 Å². The van der Waals surface area contributed by atoms with E-state index in [-0.39, 0.29) is 28.8 Å². The zero-order valence-corrected chi connectivity index (χ0v) is 15.2. The van der Waals surface area contributed by atoms with Gasteiger partial charge in [0.25, 0.3) is 11.5 Å². The first-order valence-electron chi connectivity index (χ1n) is 8.63. The average Bonchev–Trinajstić information content (AvgIpc) is 3.35. The lowest BCUT2D eigenvalue weighted by Crippen LogP contribution is -2.26. The van der Waals surface area contributed by atoms with Gasteiger partial charge in [0.15, 0.2) is 0 Å². The number of carbonyl (C=O) groups excluding carboxylic acids is 1. The first-order valence-corrected chi connectivity index (χ1v) is 8.63. The number of benzene rings is 1. The third-order valence-electron chi connectivity index (χ3n) is 4.54. The fraction of sp³-hybridized carbons (Fsp3) is 0.150. The number of halogens is 1. The first-order chi connectivity index (χ1) is 13.4. The van der Waals surface area contributed by atoms with E-state index in [1.807, 2.05) is 0 Å². The van der Waals surface area contributed by atoms with E-state index in [1.54, 1.807) is 44.4 Å². The Labute approximate surface area is 159 Å². The quantitative estimate of drug-likeness (QED) is 0.590. The van der Waals surface area contributed by atoms with E-state index in [4.69, 9.17) is 4.42 Å². The smallest absolute Gasteiger partial charge is 0.294 e. The largest absolute Gasteiger partial charge is 0.467 e. The van der Waals surface area contributed by atoms with Gasteiger partial charge in [-0.2, -0.15) is 0 Å². The zero-order valence-electron chi connectivity index (χ0n) is 15.2. The van der Waals surface area contributed by atoms with E-state index >= 15 is 0 Å². The fourth-order valence-corrected chi connectivity index (χ4v) is 3.01. The summed E-state index contributed by atoms with van der Waals surface area (Å²) in [6.07, 6.45) is 4.71. The zero-order chi connectivity index (χ0) is 19.8.